The van der Waals surface area contributed by atoms with Crippen LogP contribution < -0.4 is 5.32 Å². The summed E-state index contributed by atoms with van der Waals surface area (Å²) in [4.78, 5) is 5.21. The molecule has 0 aliphatic carbocycles. The zero-order valence-corrected chi connectivity index (χ0v) is 11.8. The van der Waals surface area contributed by atoms with Crippen molar-refractivity contribution in [2.24, 2.45) is 5.92 Å². The van der Waals surface area contributed by atoms with Crippen molar-refractivity contribution in [1.29, 1.82) is 0 Å². The third kappa shape index (κ3) is 3.67. The van der Waals surface area contributed by atoms with E-state index in [-0.39, 0.29) is 0 Å². The van der Waals surface area contributed by atoms with E-state index < -0.39 is 0 Å². The summed E-state index contributed by atoms with van der Waals surface area (Å²) in [5.41, 5.74) is 0. The predicted octanol–water partition coefficient (Wildman–Crippen LogP) is 1.40. The molecule has 0 bridgehead atoms. The second kappa shape index (κ2) is 6.17. The third-order valence-corrected chi connectivity index (χ3v) is 4.53. The molecule has 3 nitrogen and oxygen atoms in total. The highest BCUT2D eigenvalue weighted by molar-refractivity contribution is 4.85. The summed E-state index contributed by atoms with van der Waals surface area (Å²) in [6.45, 7) is 11.0. The molecule has 2 unspecified atom stereocenters. The molecule has 1 N–H and O–H groups in total. The Kier molecular flexibility index (Phi) is 4.83. The summed E-state index contributed by atoms with van der Waals surface area (Å²) in [6, 6.07) is 1.44. The van der Waals surface area contributed by atoms with Crippen LogP contribution in [0, 0.1) is 5.92 Å². The Morgan fingerprint density at radius 2 is 1.94 bits per heavy atom. The topological polar surface area (TPSA) is 18.5 Å². The molecule has 2 fully saturated rings. The Labute approximate surface area is 107 Å². The van der Waals surface area contributed by atoms with E-state index in [4.69, 9.17) is 0 Å². The lowest BCUT2D eigenvalue weighted by atomic mass is 9.94. The Balaban J connectivity index is 1.83. The van der Waals surface area contributed by atoms with Crippen molar-refractivity contribution in [3.8, 4) is 0 Å². The van der Waals surface area contributed by atoms with Gasteiger partial charge >= 0.3 is 0 Å². The van der Waals surface area contributed by atoms with Crippen molar-refractivity contribution >= 4 is 0 Å². The van der Waals surface area contributed by atoms with Crippen LogP contribution in [0.4, 0.5) is 0 Å². The van der Waals surface area contributed by atoms with Crippen molar-refractivity contribution in [1.82, 2.24) is 15.1 Å². The van der Waals surface area contributed by atoms with E-state index in [0.717, 1.165) is 12.0 Å². The van der Waals surface area contributed by atoms with Crippen LogP contribution in [0.1, 0.15) is 33.1 Å². The van der Waals surface area contributed by atoms with Gasteiger partial charge in [0.2, 0.25) is 0 Å². The average Bonchev–Trinajstić information content (AvgIpc) is 2.32. The quantitative estimate of drug-likeness (QED) is 0.803. The van der Waals surface area contributed by atoms with Gasteiger partial charge in [-0.25, -0.2) is 0 Å². The molecule has 2 heterocycles. The van der Waals surface area contributed by atoms with Crippen LogP contribution in [0.3, 0.4) is 0 Å². The van der Waals surface area contributed by atoms with Gasteiger partial charge in [0.1, 0.15) is 0 Å². The molecule has 0 saturated carbocycles. The van der Waals surface area contributed by atoms with E-state index in [2.05, 4.69) is 36.0 Å². The normalized spacial score (nSPS) is 34.1. The molecule has 3 heteroatoms. The number of piperazine rings is 1. The maximum atomic E-state index is 3.61. The van der Waals surface area contributed by atoms with E-state index >= 15 is 0 Å². The van der Waals surface area contributed by atoms with Crippen LogP contribution >= 0.6 is 0 Å². The zero-order valence-electron chi connectivity index (χ0n) is 11.8. The molecular formula is C14H29N3. The molecule has 0 aromatic heterocycles. The van der Waals surface area contributed by atoms with Gasteiger partial charge < -0.3 is 10.2 Å². The summed E-state index contributed by atoms with van der Waals surface area (Å²) >= 11 is 0. The molecule has 0 aromatic carbocycles. The van der Waals surface area contributed by atoms with E-state index in [1.807, 2.05) is 0 Å². The molecule has 2 aliphatic rings. The van der Waals surface area contributed by atoms with Crippen LogP contribution in [-0.4, -0.2) is 61.7 Å². The standard InChI is InChI=1S/C14H29N3/c1-4-14-9-15-12(2)10-17(14)11-13-5-7-16(3)8-6-13/h12-15H,4-11H2,1-3H3. The number of likely N-dealkylation sites (tertiary alicyclic amines) is 1. The smallest absolute Gasteiger partial charge is 0.0218 e. The fourth-order valence-corrected chi connectivity index (χ4v) is 3.23. The molecule has 2 atom stereocenters. The van der Waals surface area contributed by atoms with Gasteiger partial charge in [0.15, 0.2) is 0 Å². The fourth-order valence-electron chi connectivity index (χ4n) is 3.23. The van der Waals surface area contributed by atoms with Gasteiger partial charge in [-0.15, -0.1) is 0 Å². The number of nitrogens with zero attached hydrogens (tertiary/aromatic N) is 2. The Bertz CT molecular complexity index is 224. The van der Waals surface area contributed by atoms with Crippen molar-refractivity contribution < 1.29 is 0 Å². The van der Waals surface area contributed by atoms with Gasteiger partial charge in [0.05, 0.1) is 0 Å². The van der Waals surface area contributed by atoms with E-state index in [1.165, 1.54) is 52.0 Å². The minimum Gasteiger partial charge on any atom is -0.311 e. The summed E-state index contributed by atoms with van der Waals surface area (Å²) in [6.07, 6.45) is 4.07. The molecule has 0 spiro atoms. The summed E-state index contributed by atoms with van der Waals surface area (Å²) in [7, 11) is 2.25. The molecule has 0 radical (unpaired) electrons. The van der Waals surface area contributed by atoms with Crippen LogP contribution in [0.25, 0.3) is 0 Å². The lowest BCUT2D eigenvalue weighted by Crippen LogP contribution is -2.56. The number of hydrogen-bond acceptors (Lipinski definition) is 3. The monoisotopic (exact) mass is 239 g/mol. The molecule has 2 aliphatic heterocycles. The maximum Gasteiger partial charge on any atom is 0.0218 e. The minimum atomic E-state index is 0.670. The molecule has 0 amide bonds. The number of rotatable bonds is 3. The Morgan fingerprint density at radius 1 is 1.24 bits per heavy atom. The van der Waals surface area contributed by atoms with Crippen LogP contribution in [-0.2, 0) is 0 Å². The van der Waals surface area contributed by atoms with E-state index in [0.29, 0.717) is 6.04 Å². The van der Waals surface area contributed by atoms with Gasteiger partial charge in [-0.05, 0) is 52.2 Å². The van der Waals surface area contributed by atoms with E-state index in [9.17, 15) is 0 Å². The van der Waals surface area contributed by atoms with Gasteiger partial charge in [-0.2, -0.15) is 0 Å². The number of nitrogens with one attached hydrogen (secondary N) is 1. The largest absolute Gasteiger partial charge is 0.311 e. The molecule has 17 heavy (non-hydrogen) atoms. The first-order valence-corrected chi connectivity index (χ1v) is 7.35. The molecule has 2 rings (SSSR count). The van der Waals surface area contributed by atoms with Crippen molar-refractivity contribution in [2.45, 2.75) is 45.2 Å². The number of piperidine rings is 1. The third-order valence-electron chi connectivity index (χ3n) is 4.53. The highest BCUT2D eigenvalue weighted by atomic mass is 15.2. The lowest BCUT2D eigenvalue weighted by Gasteiger charge is -2.42. The summed E-state index contributed by atoms with van der Waals surface area (Å²) < 4.78 is 0. The highest BCUT2D eigenvalue weighted by Gasteiger charge is 2.27. The van der Waals surface area contributed by atoms with Crippen molar-refractivity contribution in [3.63, 3.8) is 0 Å². The maximum absolute atomic E-state index is 3.61. The Hall–Kier alpha value is -0.120. The van der Waals surface area contributed by atoms with E-state index in [1.54, 1.807) is 0 Å². The van der Waals surface area contributed by atoms with Crippen LogP contribution in [0.2, 0.25) is 0 Å². The predicted molar refractivity (Wildman–Crippen MR) is 73.3 cm³/mol. The second-order valence-corrected chi connectivity index (χ2v) is 6.07. The van der Waals surface area contributed by atoms with Crippen molar-refractivity contribution in [2.75, 3.05) is 39.8 Å². The van der Waals surface area contributed by atoms with Crippen LogP contribution in [0.5, 0.6) is 0 Å². The van der Waals surface area contributed by atoms with Gasteiger partial charge in [0.25, 0.3) is 0 Å². The second-order valence-electron chi connectivity index (χ2n) is 6.07. The van der Waals surface area contributed by atoms with Gasteiger partial charge in [0, 0.05) is 31.7 Å². The van der Waals surface area contributed by atoms with Crippen molar-refractivity contribution in [3.05, 3.63) is 0 Å². The lowest BCUT2D eigenvalue weighted by molar-refractivity contribution is 0.0903. The number of hydrogen-bond donors (Lipinski definition) is 1. The summed E-state index contributed by atoms with van der Waals surface area (Å²) in [5.74, 6) is 0.936. The molecule has 100 valence electrons. The molecular weight excluding hydrogens is 210 g/mol. The summed E-state index contributed by atoms with van der Waals surface area (Å²) in [5, 5.41) is 3.61. The first-order valence-electron chi connectivity index (χ1n) is 7.35. The average molecular weight is 239 g/mol. The SMILES string of the molecule is CCC1CNC(C)CN1CC1CCN(C)CC1. The Morgan fingerprint density at radius 3 is 2.59 bits per heavy atom. The van der Waals surface area contributed by atoms with Gasteiger partial charge in [-0.1, -0.05) is 6.92 Å². The fraction of sp³-hybridized carbons (Fsp3) is 1.00. The first-order chi connectivity index (χ1) is 8.19. The first kappa shape index (κ1) is 13.3. The highest BCUT2D eigenvalue weighted by Crippen LogP contribution is 2.20. The molecule has 0 aromatic rings. The van der Waals surface area contributed by atoms with Crippen LogP contribution in [0.15, 0.2) is 0 Å². The molecule has 2 saturated heterocycles. The van der Waals surface area contributed by atoms with Gasteiger partial charge in [-0.3, -0.25) is 4.90 Å². The minimum absolute atomic E-state index is 0.670. The zero-order chi connectivity index (χ0) is 12.3.